The lowest BCUT2D eigenvalue weighted by molar-refractivity contribution is -0.124. The molecular formula is C18H19N3O2. The summed E-state index contributed by atoms with van der Waals surface area (Å²) in [5, 5.41) is 22.1. The number of nitriles is 1. The quantitative estimate of drug-likeness (QED) is 0.754. The molecule has 23 heavy (non-hydrogen) atoms. The van der Waals surface area contributed by atoms with E-state index in [4.69, 9.17) is 11.0 Å². The second-order valence-electron chi connectivity index (χ2n) is 5.49. The summed E-state index contributed by atoms with van der Waals surface area (Å²) in [5.74, 6) is -0.518. The van der Waals surface area contributed by atoms with Gasteiger partial charge in [-0.05, 0) is 30.2 Å². The Labute approximate surface area is 135 Å². The average molecular weight is 309 g/mol. The van der Waals surface area contributed by atoms with Crippen LogP contribution in [0.2, 0.25) is 0 Å². The van der Waals surface area contributed by atoms with E-state index in [9.17, 15) is 9.90 Å². The van der Waals surface area contributed by atoms with Crippen molar-refractivity contribution in [3.63, 3.8) is 0 Å². The van der Waals surface area contributed by atoms with Crippen LogP contribution in [0.25, 0.3) is 0 Å². The van der Waals surface area contributed by atoms with Gasteiger partial charge in [-0.3, -0.25) is 10.1 Å². The number of hydrogen-bond donors (Lipinski definition) is 3. The highest BCUT2D eigenvalue weighted by atomic mass is 16.3. The van der Waals surface area contributed by atoms with Crippen LogP contribution in [0.1, 0.15) is 29.7 Å². The summed E-state index contributed by atoms with van der Waals surface area (Å²) < 4.78 is 0. The maximum absolute atomic E-state index is 11.9. The second-order valence-corrected chi connectivity index (χ2v) is 5.49. The number of nitrogens with one attached hydrogen (secondary N) is 1. The van der Waals surface area contributed by atoms with Crippen LogP contribution in [-0.4, -0.2) is 17.6 Å². The molecule has 118 valence electrons. The number of nitrogens with zero attached hydrogens (tertiary/aromatic N) is 1. The molecule has 0 saturated heterocycles. The zero-order valence-electron chi connectivity index (χ0n) is 12.9. The molecule has 4 N–H and O–H groups in total. The van der Waals surface area contributed by atoms with Crippen molar-refractivity contribution >= 4 is 5.91 Å². The zero-order chi connectivity index (χ0) is 16.9. The van der Waals surface area contributed by atoms with E-state index in [1.54, 1.807) is 31.2 Å². The molecule has 0 aliphatic carbocycles. The zero-order valence-corrected chi connectivity index (χ0v) is 12.9. The Balaban J connectivity index is 2.12. The fraction of sp³-hybridized carbons (Fsp3) is 0.222. The third-order valence-electron chi connectivity index (χ3n) is 3.92. The lowest BCUT2D eigenvalue weighted by atomic mass is 9.91. The van der Waals surface area contributed by atoms with Crippen molar-refractivity contribution in [3.05, 3.63) is 71.3 Å². The van der Waals surface area contributed by atoms with Crippen LogP contribution in [0.4, 0.5) is 0 Å². The molecule has 0 bridgehead atoms. The first-order chi connectivity index (χ1) is 11.0. The predicted octanol–water partition coefficient (Wildman–Crippen LogP) is 1.58. The molecule has 2 aromatic carbocycles. The lowest BCUT2D eigenvalue weighted by Gasteiger charge is -2.29. The molecular weight excluding hydrogens is 290 g/mol. The van der Waals surface area contributed by atoms with Crippen molar-refractivity contribution in [3.8, 4) is 6.07 Å². The van der Waals surface area contributed by atoms with Crippen LogP contribution in [0, 0.1) is 11.3 Å². The van der Waals surface area contributed by atoms with E-state index in [-0.39, 0.29) is 6.54 Å². The summed E-state index contributed by atoms with van der Waals surface area (Å²) >= 11 is 0. The van der Waals surface area contributed by atoms with E-state index in [2.05, 4.69) is 5.32 Å². The number of amides is 1. The number of carbonyl (C=O) groups is 1. The predicted molar refractivity (Wildman–Crippen MR) is 87.1 cm³/mol. The second kappa shape index (κ2) is 7.05. The molecule has 5 heteroatoms. The van der Waals surface area contributed by atoms with Gasteiger partial charge in [-0.2, -0.15) is 5.26 Å². The number of aliphatic hydroxyl groups excluding tert-OH is 1. The first kappa shape index (κ1) is 16.7. The first-order valence-electron chi connectivity index (χ1n) is 7.26. The van der Waals surface area contributed by atoms with Gasteiger partial charge in [0, 0.05) is 6.54 Å². The van der Waals surface area contributed by atoms with Gasteiger partial charge >= 0.3 is 0 Å². The number of rotatable bonds is 6. The Hall–Kier alpha value is -2.68. The number of benzene rings is 2. The Bertz CT molecular complexity index is 707. The minimum Gasteiger partial charge on any atom is -0.387 e. The van der Waals surface area contributed by atoms with Gasteiger partial charge in [0.05, 0.1) is 17.7 Å². The highest BCUT2D eigenvalue weighted by Crippen LogP contribution is 2.22. The molecule has 0 saturated carbocycles. The Morgan fingerprint density at radius 1 is 1.26 bits per heavy atom. The van der Waals surface area contributed by atoms with Crippen molar-refractivity contribution < 1.29 is 9.90 Å². The largest absolute Gasteiger partial charge is 0.387 e. The fourth-order valence-corrected chi connectivity index (χ4v) is 2.30. The molecule has 2 unspecified atom stereocenters. The van der Waals surface area contributed by atoms with Gasteiger partial charge in [-0.25, -0.2) is 0 Å². The van der Waals surface area contributed by atoms with Crippen molar-refractivity contribution in [2.75, 3.05) is 6.54 Å². The van der Waals surface area contributed by atoms with Gasteiger partial charge in [-0.15, -0.1) is 0 Å². The summed E-state index contributed by atoms with van der Waals surface area (Å²) in [5.41, 5.74) is 6.40. The standard InChI is InChI=1S/C18H19N3O2/c1-18(17(20)23,15-5-3-2-4-6-15)21-12-16(22)14-9-7-13(11-19)8-10-14/h2-10,16,21-22H,12H2,1H3,(H2,20,23). The van der Waals surface area contributed by atoms with Gasteiger partial charge in [0.1, 0.15) is 5.54 Å². The third-order valence-corrected chi connectivity index (χ3v) is 3.92. The third kappa shape index (κ3) is 3.75. The van der Waals surface area contributed by atoms with Gasteiger partial charge in [0.25, 0.3) is 0 Å². The van der Waals surface area contributed by atoms with E-state index in [1.807, 2.05) is 36.4 Å². The summed E-state index contributed by atoms with van der Waals surface area (Å²) in [6, 6.07) is 17.8. The minimum atomic E-state index is -1.07. The van der Waals surface area contributed by atoms with E-state index in [0.717, 1.165) is 5.56 Å². The SMILES string of the molecule is CC(NCC(O)c1ccc(C#N)cc1)(C(N)=O)c1ccccc1. The maximum atomic E-state index is 11.9. The van der Waals surface area contributed by atoms with Crippen LogP contribution < -0.4 is 11.1 Å². The van der Waals surface area contributed by atoms with Gasteiger partial charge < -0.3 is 10.8 Å². The van der Waals surface area contributed by atoms with Crippen LogP contribution in [0.3, 0.4) is 0 Å². The van der Waals surface area contributed by atoms with Crippen LogP contribution in [0.5, 0.6) is 0 Å². The summed E-state index contributed by atoms with van der Waals surface area (Å²) in [7, 11) is 0. The fourth-order valence-electron chi connectivity index (χ4n) is 2.30. The van der Waals surface area contributed by atoms with Crippen molar-refractivity contribution in [2.45, 2.75) is 18.6 Å². The molecule has 0 fully saturated rings. The molecule has 0 aliphatic heterocycles. The average Bonchev–Trinajstić information content (AvgIpc) is 2.60. The molecule has 0 aromatic heterocycles. The lowest BCUT2D eigenvalue weighted by Crippen LogP contribution is -2.51. The van der Waals surface area contributed by atoms with Crippen molar-refractivity contribution in [2.24, 2.45) is 5.73 Å². The van der Waals surface area contributed by atoms with E-state index >= 15 is 0 Å². The number of hydrogen-bond acceptors (Lipinski definition) is 4. The monoisotopic (exact) mass is 309 g/mol. The van der Waals surface area contributed by atoms with Crippen LogP contribution in [0.15, 0.2) is 54.6 Å². The first-order valence-corrected chi connectivity index (χ1v) is 7.26. The summed E-state index contributed by atoms with van der Waals surface area (Å²) in [6.07, 6.45) is -0.815. The molecule has 2 atom stereocenters. The molecule has 0 spiro atoms. The minimum absolute atomic E-state index is 0.153. The Morgan fingerprint density at radius 3 is 2.39 bits per heavy atom. The summed E-state index contributed by atoms with van der Waals surface area (Å²) in [6.45, 7) is 1.84. The van der Waals surface area contributed by atoms with Crippen molar-refractivity contribution in [1.82, 2.24) is 5.32 Å². The van der Waals surface area contributed by atoms with Gasteiger partial charge in [0.15, 0.2) is 0 Å². The van der Waals surface area contributed by atoms with Gasteiger partial charge in [0.2, 0.25) is 5.91 Å². The topological polar surface area (TPSA) is 99.1 Å². The molecule has 2 aromatic rings. The number of aliphatic hydroxyl groups is 1. The molecule has 0 aliphatic rings. The summed E-state index contributed by atoms with van der Waals surface area (Å²) in [4.78, 5) is 11.9. The normalized spacial score (nSPS) is 14.5. The molecule has 0 heterocycles. The van der Waals surface area contributed by atoms with E-state index < -0.39 is 17.6 Å². The van der Waals surface area contributed by atoms with Crippen LogP contribution in [-0.2, 0) is 10.3 Å². The number of carbonyl (C=O) groups excluding carboxylic acids is 1. The highest BCUT2D eigenvalue weighted by molar-refractivity contribution is 5.85. The number of nitrogens with two attached hydrogens (primary N) is 1. The Morgan fingerprint density at radius 2 is 1.87 bits per heavy atom. The van der Waals surface area contributed by atoms with E-state index in [1.165, 1.54) is 0 Å². The van der Waals surface area contributed by atoms with E-state index in [0.29, 0.717) is 11.1 Å². The van der Waals surface area contributed by atoms with Gasteiger partial charge in [-0.1, -0.05) is 42.5 Å². The molecule has 2 rings (SSSR count). The molecule has 1 amide bonds. The highest BCUT2D eigenvalue weighted by Gasteiger charge is 2.33. The Kier molecular flexibility index (Phi) is 5.12. The van der Waals surface area contributed by atoms with Crippen molar-refractivity contribution in [1.29, 1.82) is 5.26 Å². The molecule has 0 radical (unpaired) electrons. The molecule has 5 nitrogen and oxygen atoms in total. The number of primary amides is 1. The maximum Gasteiger partial charge on any atom is 0.242 e. The van der Waals surface area contributed by atoms with Crippen LogP contribution >= 0.6 is 0 Å². The smallest absolute Gasteiger partial charge is 0.242 e.